The van der Waals surface area contributed by atoms with Gasteiger partial charge in [0.05, 0.1) is 11.5 Å². The molecule has 0 saturated heterocycles. The zero-order valence-corrected chi connectivity index (χ0v) is 9.04. The molecule has 2 aromatic rings. The molecule has 0 bridgehead atoms. The van der Waals surface area contributed by atoms with Crippen molar-refractivity contribution in [3.05, 3.63) is 40.1 Å². The Hall–Kier alpha value is -2.51. The first kappa shape index (κ1) is 11.0. The molecular formula is C9H10N6O2. The summed E-state index contributed by atoms with van der Waals surface area (Å²) in [6.07, 6.45) is 2.89. The molecule has 0 unspecified atom stereocenters. The van der Waals surface area contributed by atoms with Crippen molar-refractivity contribution in [3.8, 4) is 0 Å². The molecule has 0 aliphatic carbocycles. The van der Waals surface area contributed by atoms with Gasteiger partial charge in [-0.3, -0.25) is 15.2 Å². The summed E-state index contributed by atoms with van der Waals surface area (Å²) in [5.41, 5.74) is 0.539. The molecule has 0 aliphatic rings. The van der Waals surface area contributed by atoms with Gasteiger partial charge in [-0.25, -0.2) is 9.97 Å². The highest BCUT2D eigenvalue weighted by Crippen LogP contribution is 2.25. The van der Waals surface area contributed by atoms with Crippen molar-refractivity contribution in [3.63, 3.8) is 0 Å². The van der Waals surface area contributed by atoms with Gasteiger partial charge in [0.15, 0.2) is 0 Å². The number of rotatable bonds is 4. The fourth-order valence-corrected chi connectivity index (χ4v) is 1.39. The highest BCUT2D eigenvalue weighted by Gasteiger charge is 2.18. The van der Waals surface area contributed by atoms with E-state index in [-0.39, 0.29) is 11.5 Å². The van der Waals surface area contributed by atoms with E-state index in [0.29, 0.717) is 17.9 Å². The van der Waals surface area contributed by atoms with Gasteiger partial charge in [0.25, 0.3) is 0 Å². The van der Waals surface area contributed by atoms with Gasteiger partial charge in [0, 0.05) is 11.8 Å². The first-order valence-electron chi connectivity index (χ1n) is 4.86. The predicted octanol–water partition coefficient (Wildman–Crippen LogP) is 1.03. The average molecular weight is 234 g/mol. The number of nitrogens with one attached hydrogen (secondary N) is 2. The molecule has 0 atom stereocenters. The third-order valence-electron chi connectivity index (χ3n) is 2.20. The second-order valence-electron chi connectivity index (χ2n) is 3.37. The Bertz CT molecular complexity index is 524. The Morgan fingerprint density at radius 2 is 2.35 bits per heavy atom. The van der Waals surface area contributed by atoms with Crippen LogP contribution < -0.4 is 5.32 Å². The van der Waals surface area contributed by atoms with Gasteiger partial charge in [0.2, 0.25) is 5.82 Å². The van der Waals surface area contributed by atoms with Crippen LogP contribution in [0, 0.1) is 17.0 Å². The highest BCUT2D eigenvalue weighted by molar-refractivity contribution is 5.59. The first-order chi connectivity index (χ1) is 8.18. The average Bonchev–Trinajstić information content (AvgIpc) is 2.78. The molecular weight excluding hydrogens is 224 g/mol. The van der Waals surface area contributed by atoms with E-state index in [4.69, 9.17) is 0 Å². The van der Waals surface area contributed by atoms with Crippen molar-refractivity contribution in [1.82, 2.24) is 20.2 Å². The largest absolute Gasteiger partial charge is 0.357 e. The van der Waals surface area contributed by atoms with Crippen LogP contribution in [0.3, 0.4) is 0 Å². The monoisotopic (exact) mass is 234 g/mol. The number of nitro groups is 1. The second kappa shape index (κ2) is 4.56. The molecule has 8 nitrogen and oxygen atoms in total. The number of pyridine rings is 1. The van der Waals surface area contributed by atoms with E-state index >= 15 is 0 Å². The number of anilines is 1. The van der Waals surface area contributed by atoms with Crippen LogP contribution in [0.15, 0.2) is 18.6 Å². The van der Waals surface area contributed by atoms with E-state index < -0.39 is 4.92 Å². The Labute approximate surface area is 96.3 Å². The predicted molar refractivity (Wildman–Crippen MR) is 59.3 cm³/mol. The fourth-order valence-electron chi connectivity index (χ4n) is 1.39. The quantitative estimate of drug-likeness (QED) is 0.603. The van der Waals surface area contributed by atoms with Crippen molar-refractivity contribution in [2.45, 2.75) is 13.5 Å². The molecule has 2 heterocycles. The van der Waals surface area contributed by atoms with Crippen LogP contribution in [-0.2, 0) is 6.54 Å². The van der Waals surface area contributed by atoms with Gasteiger partial charge in [0.1, 0.15) is 12.2 Å². The fraction of sp³-hybridized carbons (Fsp3) is 0.222. The third kappa shape index (κ3) is 2.36. The molecule has 2 N–H and O–H groups in total. The lowest BCUT2D eigenvalue weighted by atomic mass is 10.2. The van der Waals surface area contributed by atoms with Crippen LogP contribution in [0.4, 0.5) is 11.5 Å². The Balaban J connectivity index is 2.21. The van der Waals surface area contributed by atoms with E-state index in [1.54, 1.807) is 13.0 Å². The lowest BCUT2D eigenvalue weighted by Gasteiger charge is -2.05. The standard InChI is InChI=1S/C9H10N6O2/c1-6-2-3-10-9(8(6)15(16)17)11-4-7-12-5-13-14-7/h2-3,5H,4H2,1H3,(H,10,11)(H,12,13,14). The first-order valence-corrected chi connectivity index (χ1v) is 4.86. The van der Waals surface area contributed by atoms with Crippen molar-refractivity contribution in [2.24, 2.45) is 0 Å². The van der Waals surface area contributed by atoms with E-state index in [2.05, 4.69) is 25.5 Å². The second-order valence-corrected chi connectivity index (χ2v) is 3.37. The normalized spacial score (nSPS) is 10.2. The number of hydrogen-bond acceptors (Lipinski definition) is 6. The number of aryl methyl sites for hydroxylation is 1. The van der Waals surface area contributed by atoms with Gasteiger partial charge in [-0.05, 0) is 13.0 Å². The summed E-state index contributed by atoms with van der Waals surface area (Å²) < 4.78 is 0. The Morgan fingerprint density at radius 3 is 3.00 bits per heavy atom. The summed E-state index contributed by atoms with van der Waals surface area (Å²) in [5.74, 6) is 0.814. The number of H-pyrrole nitrogens is 1. The molecule has 88 valence electrons. The van der Waals surface area contributed by atoms with Crippen LogP contribution in [0.25, 0.3) is 0 Å². The maximum absolute atomic E-state index is 10.9. The maximum atomic E-state index is 10.9. The number of aromatic nitrogens is 4. The molecule has 0 aliphatic heterocycles. The zero-order valence-electron chi connectivity index (χ0n) is 9.04. The van der Waals surface area contributed by atoms with Crippen LogP contribution in [0.2, 0.25) is 0 Å². The van der Waals surface area contributed by atoms with Gasteiger partial charge < -0.3 is 5.32 Å². The van der Waals surface area contributed by atoms with Crippen LogP contribution >= 0.6 is 0 Å². The smallest absolute Gasteiger partial charge is 0.314 e. The minimum Gasteiger partial charge on any atom is -0.357 e. The summed E-state index contributed by atoms with van der Waals surface area (Å²) in [4.78, 5) is 18.3. The highest BCUT2D eigenvalue weighted by atomic mass is 16.6. The van der Waals surface area contributed by atoms with Crippen LogP contribution in [0.1, 0.15) is 11.4 Å². The number of aromatic amines is 1. The van der Waals surface area contributed by atoms with Gasteiger partial charge >= 0.3 is 5.69 Å². The summed E-state index contributed by atoms with van der Waals surface area (Å²) in [6, 6.07) is 1.60. The zero-order chi connectivity index (χ0) is 12.3. The molecule has 0 radical (unpaired) electrons. The van der Waals surface area contributed by atoms with E-state index in [9.17, 15) is 10.1 Å². The van der Waals surface area contributed by atoms with Crippen molar-refractivity contribution >= 4 is 11.5 Å². The molecule has 2 rings (SSSR count). The number of nitrogens with zero attached hydrogens (tertiary/aromatic N) is 4. The Morgan fingerprint density at radius 1 is 1.53 bits per heavy atom. The van der Waals surface area contributed by atoms with Gasteiger partial charge in [-0.2, -0.15) is 5.10 Å². The SMILES string of the molecule is Cc1ccnc(NCc2ncn[nH]2)c1[N+](=O)[O-]. The number of hydrogen-bond donors (Lipinski definition) is 2. The summed E-state index contributed by atoms with van der Waals surface area (Å²) in [7, 11) is 0. The summed E-state index contributed by atoms with van der Waals surface area (Å²) in [6.45, 7) is 1.97. The van der Waals surface area contributed by atoms with Crippen molar-refractivity contribution < 1.29 is 4.92 Å². The minimum atomic E-state index is -0.453. The van der Waals surface area contributed by atoms with Crippen molar-refractivity contribution in [2.75, 3.05) is 5.32 Å². The van der Waals surface area contributed by atoms with Crippen LogP contribution in [0.5, 0.6) is 0 Å². The topological polar surface area (TPSA) is 110 Å². The molecule has 17 heavy (non-hydrogen) atoms. The minimum absolute atomic E-state index is 0.0213. The molecule has 0 fully saturated rings. The molecule has 0 spiro atoms. The lowest BCUT2D eigenvalue weighted by molar-refractivity contribution is -0.384. The molecule has 0 amide bonds. The van der Waals surface area contributed by atoms with E-state index in [1.165, 1.54) is 12.5 Å². The third-order valence-corrected chi connectivity index (χ3v) is 2.20. The Kier molecular flexibility index (Phi) is 2.95. The van der Waals surface area contributed by atoms with Crippen molar-refractivity contribution in [1.29, 1.82) is 0 Å². The van der Waals surface area contributed by atoms with Gasteiger partial charge in [-0.1, -0.05) is 0 Å². The molecule has 0 aromatic carbocycles. The molecule has 0 saturated carbocycles. The summed E-state index contributed by atoms with van der Waals surface area (Å²) in [5, 5.41) is 20.1. The van der Waals surface area contributed by atoms with E-state index in [0.717, 1.165) is 0 Å². The maximum Gasteiger partial charge on any atom is 0.314 e. The summed E-state index contributed by atoms with van der Waals surface area (Å²) >= 11 is 0. The molecule has 8 heteroatoms. The van der Waals surface area contributed by atoms with E-state index in [1.807, 2.05) is 0 Å². The molecule has 2 aromatic heterocycles. The van der Waals surface area contributed by atoms with Crippen LogP contribution in [-0.4, -0.2) is 25.1 Å². The van der Waals surface area contributed by atoms with Gasteiger partial charge in [-0.15, -0.1) is 0 Å². The lowest BCUT2D eigenvalue weighted by Crippen LogP contribution is -2.06.